The first-order valence-corrected chi connectivity index (χ1v) is 23.0. The molecule has 0 aliphatic carbocycles. The smallest absolute Gasteiger partial charge is 0.472 e. The molecule has 320 valence electrons. The van der Waals surface area contributed by atoms with Crippen LogP contribution in [0.4, 0.5) is 0 Å². The highest BCUT2D eigenvalue weighted by atomic mass is 31.2. The monoisotopic (exact) mass is 800 g/mol. The molecule has 12 heteroatoms. The van der Waals surface area contributed by atoms with Crippen LogP contribution >= 0.6 is 7.82 Å². The van der Waals surface area contributed by atoms with Crippen molar-refractivity contribution < 1.29 is 47.5 Å². The standard InChI is InChI=1S/C43H78NO10P/c1-3-5-7-9-11-13-15-17-18-19-20-21-23-24-26-28-30-32-34-41(45)51-36-39(37-52-55(49,50)53-38-40(44)43(47)48)54-42(46)35-33-31-29-27-25-22-16-14-12-10-8-6-4-2/h9,11,15,17,19-20,39-40H,3-8,10,12-14,16,18,21-38,44H2,1-2H3,(H,47,48)(H,49,50)/b11-9-,17-15-,20-19-/t39-,40+/m1/s1. The van der Waals surface area contributed by atoms with Gasteiger partial charge in [0.05, 0.1) is 13.2 Å². The number of allylic oxidation sites excluding steroid dienone is 6. The third-order valence-electron chi connectivity index (χ3n) is 9.14. The molecule has 0 fully saturated rings. The van der Waals surface area contributed by atoms with Crippen molar-refractivity contribution in [2.75, 3.05) is 19.8 Å². The van der Waals surface area contributed by atoms with Crippen molar-refractivity contribution >= 4 is 25.7 Å². The minimum absolute atomic E-state index is 0.161. The highest BCUT2D eigenvalue weighted by molar-refractivity contribution is 7.47. The topological polar surface area (TPSA) is 172 Å². The van der Waals surface area contributed by atoms with Gasteiger partial charge in [0.1, 0.15) is 12.6 Å². The Morgan fingerprint density at radius 2 is 0.982 bits per heavy atom. The summed E-state index contributed by atoms with van der Waals surface area (Å²) in [5, 5.41) is 8.88. The van der Waals surface area contributed by atoms with Crippen molar-refractivity contribution in [3.05, 3.63) is 36.5 Å². The molecule has 11 nitrogen and oxygen atoms in total. The molecule has 0 aromatic heterocycles. The second-order valence-electron chi connectivity index (χ2n) is 14.5. The van der Waals surface area contributed by atoms with Gasteiger partial charge in [-0.05, 0) is 44.9 Å². The van der Waals surface area contributed by atoms with Crippen molar-refractivity contribution in [2.24, 2.45) is 5.73 Å². The Morgan fingerprint density at radius 3 is 1.49 bits per heavy atom. The minimum atomic E-state index is -4.71. The molecule has 0 saturated carbocycles. The Bertz CT molecular complexity index is 1080. The van der Waals surface area contributed by atoms with Gasteiger partial charge in [0, 0.05) is 12.8 Å². The van der Waals surface area contributed by atoms with Crippen molar-refractivity contribution in [3.8, 4) is 0 Å². The number of phosphoric ester groups is 1. The van der Waals surface area contributed by atoms with Crippen LogP contribution in [-0.4, -0.2) is 59.9 Å². The second kappa shape index (κ2) is 38.6. The fraction of sp³-hybridized carbons (Fsp3) is 0.791. The lowest BCUT2D eigenvalue weighted by Gasteiger charge is -2.20. The molecule has 0 heterocycles. The Kier molecular flexibility index (Phi) is 37.0. The Labute approximate surface area is 333 Å². The van der Waals surface area contributed by atoms with Gasteiger partial charge in [0.25, 0.3) is 0 Å². The van der Waals surface area contributed by atoms with Gasteiger partial charge in [-0.2, -0.15) is 0 Å². The number of carbonyl (C=O) groups excluding carboxylic acids is 2. The van der Waals surface area contributed by atoms with Crippen molar-refractivity contribution in [1.82, 2.24) is 0 Å². The maximum absolute atomic E-state index is 12.6. The number of phosphoric acid groups is 1. The van der Waals surface area contributed by atoms with Gasteiger partial charge < -0.3 is 25.2 Å². The molecule has 0 amide bonds. The predicted molar refractivity (Wildman–Crippen MR) is 222 cm³/mol. The van der Waals surface area contributed by atoms with E-state index in [1.54, 1.807) is 0 Å². The molecule has 0 radical (unpaired) electrons. The van der Waals surface area contributed by atoms with E-state index < -0.39 is 51.1 Å². The van der Waals surface area contributed by atoms with Crippen LogP contribution in [0.15, 0.2) is 36.5 Å². The maximum Gasteiger partial charge on any atom is 0.472 e. The van der Waals surface area contributed by atoms with Gasteiger partial charge in [-0.15, -0.1) is 0 Å². The Balaban J connectivity index is 4.37. The number of nitrogens with two attached hydrogens (primary N) is 1. The minimum Gasteiger partial charge on any atom is -0.480 e. The van der Waals surface area contributed by atoms with E-state index in [2.05, 4.69) is 54.8 Å². The molecule has 0 aliphatic rings. The van der Waals surface area contributed by atoms with Crippen LogP contribution in [0.2, 0.25) is 0 Å². The molecule has 0 rings (SSSR count). The first-order valence-electron chi connectivity index (χ1n) is 21.5. The van der Waals surface area contributed by atoms with Crippen LogP contribution in [0.25, 0.3) is 0 Å². The number of aliphatic carboxylic acids is 1. The van der Waals surface area contributed by atoms with Crippen molar-refractivity contribution in [1.29, 1.82) is 0 Å². The quantitative estimate of drug-likeness (QED) is 0.0233. The van der Waals surface area contributed by atoms with Crippen LogP contribution in [0, 0.1) is 0 Å². The summed E-state index contributed by atoms with van der Waals surface area (Å²) in [4.78, 5) is 45.9. The van der Waals surface area contributed by atoms with Crippen LogP contribution in [-0.2, 0) is 37.5 Å². The van der Waals surface area contributed by atoms with E-state index in [0.29, 0.717) is 12.8 Å². The predicted octanol–water partition coefficient (Wildman–Crippen LogP) is 11.2. The van der Waals surface area contributed by atoms with E-state index in [-0.39, 0.29) is 19.4 Å². The number of carboxylic acid groups (broad SMARTS) is 1. The summed E-state index contributed by atoms with van der Waals surface area (Å²) in [6.07, 6.45) is 40.6. The average Bonchev–Trinajstić information content (AvgIpc) is 3.16. The summed E-state index contributed by atoms with van der Waals surface area (Å²) < 4.78 is 32.7. The second-order valence-corrected chi connectivity index (χ2v) is 15.9. The first-order chi connectivity index (χ1) is 26.6. The van der Waals surface area contributed by atoms with Crippen molar-refractivity contribution in [3.63, 3.8) is 0 Å². The number of carbonyl (C=O) groups is 3. The Morgan fingerprint density at radius 1 is 0.564 bits per heavy atom. The molecular weight excluding hydrogens is 721 g/mol. The van der Waals surface area contributed by atoms with E-state index in [9.17, 15) is 23.8 Å². The van der Waals surface area contributed by atoms with E-state index in [4.69, 9.17) is 24.8 Å². The summed E-state index contributed by atoms with van der Waals surface area (Å²) in [6.45, 7) is 2.75. The van der Waals surface area contributed by atoms with Gasteiger partial charge in [0.15, 0.2) is 6.10 Å². The van der Waals surface area contributed by atoms with E-state index >= 15 is 0 Å². The molecule has 0 bridgehead atoms. The van der Waals surface area contributed by atoms with E-state index in [0.717, 1.165) is 70.6 Å². The maximum atomic E-state index is 12.6. The van der Waals surface area contributed by atoms with Gasteiger partial charge >= 0.3 is 25.7 Å². The van der Waals surface area contributed by atoms with Crippen LogP contribution in [0.1, 0.15) is 187 Å². The summed E-state index contributed by atoms with van der Waals surface area (Å²) in [5.41, 5.74) is 5.33. The molecule has 3 atom stereocenters. The van der Waals surface area contributed by atoms with Crippen LogP contribution in [0.5, 0.6) is 0 Å². The molecule has 0 aromatic rings. The summed E-state index contributed by atoms with van der Waals surface area (Å²) in [5.74, 6) is -2.39. The largest absolute Gasteiger partial charge is 0.480 e. The lowest BCUT2D eigenvalue weighted by atomic mass is 10.0. The molecular formula is C43H78NO10P. The number of hydrogen-bond donors (Lipinski definition) is 3. The van der Waals surface area contributed by atoms with Gasteiger partial charge in [0.2, 0.25) is 0 Å². The van der Waals surface area contributed by atoms with Crippen molar-refractivity contribution in [2.45, 2.75) is 199 Å². The van der Waals surface area contributed by atoms with Gasteiger partial charge in [-0.1, -0.05) is 166 Å². The Hall–Kier alpha value is -2.30. The highest BCUT2D eigenvalue weighted by Gasteiger charge is 2.28. The zero-order valence-corrected chi connectivity index (χ0v) is 35.4. The van der Waals surface area contributed by atoms with Crippen LogP contribution < -0.4 is 5.73 Å². The SMILES string of the molecule is CCCC/C=C\C/C=C\C/C=C\CCCCCCCCC(=O)OC[C@H](COP(=O)(O)OC[C@H](N)C(=O)O)OC(=O)CCCCCCCCCCCCCCC. The third-order valence-corrected chi connectivity index (χ3v) is 10.1. The average molecular weight is 800 g/mol. The molecule has 0 aliphatic heterocycles. The molecule has 0 aromatic carbocycles. The zero-order valence-electron chi connectivity index (χ0n) is 34.5. The number of carboxylic acids is 1. The number of esters is 2. The number of rotatable bonds is 40. The fourth-order valence-corrected chi connectivity index (χ4v) is 6.48. The molecule has 0 spiro atoms. The normalized spacial score (nSPS) is 14.1. The lowest BCUT2D eigenvalue weighted by molar-refractivity contribution is -0.161. The fourth-order valence-electron chi connectivity index (χ4n) is 5.70. The number of unbranched alkanes of at least 4 members (excludes halogenated alkanes) is 20. The first kappa shape index (κ1) is 52.7. The lowest BCUT2D eigenvalue weighted by Crippen LogP contribution is -2.34. The third kappa shape index (κ3) is 38.4. The number of hydrogen-bond acceptors (Lipinski definition) is 9. The van der Waals surface area contributed by atoms with Gasteiger partial charge in [-0.25, -0.2) is 4.57 Å². The molecule has 55 heavy (non-hydrogen) atoms. The molecule has 0 saturated heterocycles. The summed E-state index contributed by atoms with van der Waals surface area (Å²) in [6, 6.07) is -1.52. The summed E-state index contributed by atoms with van der Waals surface area (Å²) in [7, 11) is -4.71. The number of ether oxygens (including phenoxy) is 2. The molecule has 1 unspecified atom stereocenters. The zero-order chi connectivity index (χ0) is 40.7. The van der Waals surface area contributed by atoms with Gasteiger partial charge in [-0.3, -0.25) is 23.4 Å². The summed E-state index contributed by atoms with van der Waals surface area (Å²) >= 11 is 0. The van der Waals surface area contributed by atoms with E-state index in [1.165, 1.54) is 77.0 Å². The highest BCUT2D eigenvalue weighted by Crippen LogP contribution is 2.43. The van der Waals surface area contributed by atoms with Crippen LogP contribution in [0.3, 0.4) is 0 Å². The van der Waals surface area contributed by atoms with E-state index in [1.807, 2.05) is 0 Å². The molecule has 4 N–H and O–H groups in total.